The predicted octanol–water partition coefficient (Wildman–Crippen LogP) is 3.44. The van der Waals surface area contributed by atoms with Gasteiger partial charge in [-0.15, -0.1) is 0 Å². The second-order valence-electron chi connectivity index (χ2n) is 3.75. The van der Waals surface area contributed by atoms with Gasteiger partial charge in [-0.25, -0.2) is 0 Å². The maximum absolute atomic E-state index is 12.3. The van der Waals surface area contributed by atoms with Crippen molar-refractivity contribution >= 4 is 11.3 Å². The number of ether oxygens (including phenoxy) is 2. The summed E-state index contributed by atoms with van der Waals surface area (Å²) in [5, 5.41) is 13.8. The zero-order valence-electron chi connectivity index (χ0n) is 10.0. The fourth-order valence-corrected chi connectivity index (χ4v) is 2.35. The minimum Gasteiger partial charge on any atom is -0.493 e. The third-order valence-electron chi connectivity index (χ3n) is 2.58. The molecule has 0 amide bonds. The lowest BCUT2D eigenvalue weighted by Gasteiger charge is -2.14. The molecule has 0 saturated carbocycles. The molecule has 1 heterocycles. The fourth-order valence-electron chi connectivity index (χ4n) is 1.67. The summed E-state index contributed by atoms with van der Waals surface area (Å²) in [4.78, 5) is 0. The van der Waals surface area contributed by atoms with E-state index in [9.17, 15) is 13.9 Å². The SMILES string of the molecule is COc1ccc(C(O)c2ccsc2)cc1OC(F)F. The number of alkyl halides is 2. The van der Waals surface area contributed by atoms with E-state index in [-0.39, 0.29) is 11.5 Å². The molecule has 1 aromatic heterocycles. The summed E-state index contributed by atoms with van der Waals surface area (Å²) >= 11 is 1.45. The van der Waals surface area contributed by atoms with Crippen molar-refractivity contribution in [3.8, 4) is 11.5 Å². The quantitative estimate of drug-likeness (QED) is 0.915. The summed E-state index contributed by atoms with van der Waals surface area (Å²) in [6.07, 6.45) is -0.878. The number of benzene rings is 1. The molecule has 0 spiro atoms. The number of hydrogen-bond donors (Lipinski definition) is 1. The Bertz CT molecular complexity index is 529. The average Bonchev–Trinajstić information content (AvgIpc) is 2.91. The van der Waals surface area contributed by atoms with Gasteiger partial charge in [0.25, 0.3) is 0 Å². The van der Waals surface area contributed by atoms with Crippen molar-refractivity contribution in [1.82, 2.24) is 0 Å². The maximum atomic E-state index is 12.3. The molecule has 0 aliphatic rings. The van der Waals surface area contributed by atoms with Crippen LogP contribution in [0, 0.1) is 0 Å². The van der Waals surface area contributed by atoms with Crippen LogP contribution in [0.4, 0.5) is 8.78 Å². The fraction of sp³-hybridized carbons (Fsp3) is 0.231. The highest BCUT2D eigenvalue weighted by Gasteiger charge is 2.16. The highest BCUT2D eigenvalue weighted by Crippen LogP contribution is 2.33. The standard InChI is InChI=1S/C13H12F2O3S/c1-17-10-3-2-8(6-11(10)18-13(14)15)12(16)9-4-5-19-7-9/h2-7,12-13,16H,1H3. The van der Waals surface area contributed by atoms with Crippen LogP contribution in [0.5, 0.6) is 11.5 Å². The number of thiophene rings is 1. The Kier molecular flexibility index (Phi) is 4.34. The van der Waals surface area contributed by atoms with Crippen molar-refractivity contribution < 1.29 is 23.4 Å². The lowest BCUT2D eigenvalue weighted by molar-refractivity contribution is -0.0513. The summed E-state index contributed by atoms with van der Waals surface area (Å²) in [6, 6.07) is 6.22. The third kappa shape index (κ3) is 3.21. The molecule has 19 heavy (non-hydrogen) atoms. The molecule has 0 saturated heterocycles. The molecule has 1 unspecified atom stereocenters. The van der Waals surface area contributed by atoms with E-state index in [1.165, 1.54) is 30.6 Å². The highest BCUT2D eigenvalue weighted by atomic mass is 32.1. The van der Waals surface area contributed by atoms with E-state index in [0.29, 0.717) is 11.1 Å². The van der Waals surface area contributed by atoms with E-state index in [4.69, 9.17) is 4.74 Å². The van der Waals surface area contributed by atoms with Crippen molar-refractivity contribution in [3.05, 3.63) is 46.2 Å². The number of aliphatic hydroxyl groups excluding tert-OH is 1. The molecule has 1 N–H and O–H groups in total. The van der Waals surface area contributed by atoms with Crippen molar-refractivity contribution in [1.29, 1.82) is 0 Å². The van der Waals surface area contributed by atoms with Crippen LogP contribution in [-0.2, 0) is 0 Å². The van der Waals surface area contributed by atoms with Crippen molar-refractivity contribution in [2.45, 2.75) is 12.7 Å². The second kappa shape index (κ2) is 5.99. The molecule has 0 aliphatic carbocycles. The minimum atomic E-state index is -2.94. The molecule has 0 fully saturated rings. The van der Waals surface area contributed by atoms with Crippen LogP contribution < -0.4 is 9.47 Å². The number of halogens is 2. The topological polar surface area (TPSA) is 38.7 Å². The monoisotopic (exact) mass is 286 g/mol. The predicted molar refractivity (Wildman–Crippen MR) is 68.0 cm³/mol. The van der Waals surface area contributed by atoms with E-state index in [1.807, 2.05) is 5.38 Å². The second-order valence-corrected chi connectivity index (χ2v) is 4.53. The van der Waals surface area contributed by atoms with Crippen molar-refractivity contribution in [3.63, 3.8) is 0 Å². The van der Waals surface area contributed by atoms with E-state index >= 15 is 0 Å². The third-order valence-corrected chi connectivity index (χ3v) is 3.28. The summed E-state index contributed by atoms with van der Waals surface area (Å²) in [5.41, 5.74) is 1.17. The number of methoxy groups -OCH3 is 1. The Balaban J connectivity index is 2.31. The summed E-state index contributed by atoms with van der Waals surface area (Å²) in [7, 11) is 1.36. The van der Waals surface area contributed by atoms with Crippen LogP contribution in [-0.4, -0.2) is 18.8 Å². The largest absolute Gasteiger partial charge is 0.493 e. The Morgan fingerprint density at radius 3 is 2.53 bits per heavy atom. The molecule has 102 valence electrons. The van der Waals surface area contributed by atoms with Gasteiger partial charge in [0.15, 0.2) is 11.5 Å². The van der Waals surface area contributed by atoms with Crippen LogP contribution in [0.2, 0.25) is 0 Å². The van der Waals surface area contributed by atoms with E-state index in [2.05, 4.69) is 4.74 Å². The van der Waals surface area contributed by atoms with Crippen molar-refractivity contribution in [2.75, 3.05) is 7.11 Å². The molecule has 2 aromatic rings. The molecular formula is C13H12F2O3S. The zero-order valence-corrected chi connectivity index (χ0v) is 10.9. The Morgan fingerprint density at radius 1 is 1.16 bits per heavy atom. The van der Waals surface area contributed by atoms with Crippen LogP contribution in [0.25, 0.3) is 0 Å². The maximum Gasteiger partial charge on any atom is 0.387 e. The molecule has 6 heteroatoms. The van der Waals surface area contributed by atoms with Gasteiger partial charge in [0, 0.05) is 0 Å². The van der Waals surface area contributed by atoms with Gasteiger partial charge in [0.05, 0.1) is 7.11 Å². The molecule has 0 bridgehead atoms. The lowest BCUT2D eigenvalue weighted by atomic mass is 10.0. The van der Waals surface area contributed by atoms with Gasteiger partial charge in [0.2, 0.25) is 0 Å². The van der Waals surface area contributed by atoms with Crippen LogP contribution in [0.3, 0.4) is 0 Å². The molecule has 3 nitrogen and oxygen atoms in total. The van der Waals surface area contributed by atoms with Gasteiger partial charge in [-0.2, -0.15) is 20.1 Å². The number of rotatable bonds is 5. The Morgan fingerprint density at radius 2 is 1.95 bits per heavy atom. The first kappa shape index (κ1) is 13.8. The summed E-state index contributed by atoms with van der Waals surface area (Å²) in [6.45, 7) is -2.94. The van der Waals surface area contributed by atoms with Crippen molar-refractivity contribution in [2.24, 2.45) is 0 Å². The van der Waals surface area contributed by atoms with E-state index in [1.54, 1.807) is 17.5 Å². The van der Waals surface area contributed by atoms with Gasteiger partial charge in [-0.3, -0.25) is 0 Å². The van der Waals surface area contributed by atoms with Gasteiger partial charge in [-0.05, 0) is 40.1 Å². The first-order valence-corrected chi connectivity index (χ1v) is 6.39. The molecular weight excluding hydrogens is 274 g/mol. The molecule has 0 aliphatic heterocycles. The lowest BCUT2D eigenvalue weighted by Crippen LogP contribution is -2.05. The molecule has 0 radical (unpaired) electrons. The smallest absolute Gasteiger partial charge is 0.387 e. The van der Waals surface area contributed by atoms with Gasteiger partial charge in [0.1, 0.15) is 6.10 Å². The number of hydrogen-bond acceptors (Lipinski definition) is 4. The zero-order chi connectivity index (χ0) is 13.8. The Labute approximate surface area is 113 Å². The molecule has 1 aromatic carbocycles. The van der Waals surface area contributed by atoms with E-state index < -0.39 is 12.7 Å². The highest BCUT2D eigenvalue weighted by molar-refractivity contribution is 7.07. The first-order valence-electron chi connectivity index (χ1n) is 5.44. The summed E-state index contributed by atoms with van der Waals surface area (Å²) < 4.78 is 33.9. The molecule has 2 rings (SSSR count). The van der Waals surface area contributed by atoms with Crippen LogP contribution in [0.15, 0.2) is 35.0 Å². The number of aliphatic hydroxyl groups is 1. The van der Waals surface area contributed by atoms with E-state index in [0.717, 1.165) is 0 Å². The van der Waals surface area contributed by atoms with Gasteiger partial charge < -0.3 is 14.6 Å². The normalized spacial score (nSPS) is 12.5. The summed E-state index contributed by atoms with van der Waals surface area (Å²) in [5.74, 6) is 0.103. The average molecular weight is 286 g/mol. The minimum absolute atomic E-state index is 0.0933. The Hall–Kier alpha value is -1.66. The van der Waals surface area contributed by atoms with Crippen LogP contribution >= 0.6 is 11.3 Å². The molecule has 1 atom stereocenters. The van der Waals surface area contributed by atoms with Crippen LogP contribution in [0.1, 0.15) is 17.2 Å². The van der Waals surface area contributed by atoms with Gasteiger partial charge in [-0.1, -0.05) is 6.07 Å². The van der Waals surface area contributed by atoms with Gasteiger partial charge >= 0.3 is 6.61 Å². The first-order chi connectivity index (χ1) is 9.11.